The Morgan fingerprint density at radius 3 is 3.13 bits per heavy atom. The van der Waals surface area contributed by atoms with Crippen LogP contribution in [0, 0.1) is 0 Å². The summed E-state index contributed by atoms with van der Waals surface area (Å²) in [5.41, 5.74) is 0.792. The zero-order valence-corrected chi connectivity index (χ0v) is 8.82. The van der Waals surface area contributed by atoms with Crippen molar-refractivity contribution in [3.63, 3.8) is 0 Å². The molecule has 0 amide bonds. The maximum Gasteiger partial charge on any atom is 0.328 e. The molecular weight excluding hydrogens is 218 g/mol. The fraction of sp³-hybridized carbons (Fsp3) is 0.333. The maximum absolute atomic E-state index is 11.6. The minimum absolute atomic E-state index is 0.112. The van der Waals surface area contributed by atoms with E-state index in [1.807, 2.05) is 0 Å². The first-order valence-electron chi connectivity index (χ1n) is 4.50. The van der Waals surface area contributed by atoms with E-state index in [2.05, 4.69) is 9.97 Å². The number of nitrogens with one attached hydrogen (secondary N) is 1. The Hall–Kier alpha value is -1.33. The van der Waals surface area contributed by atoms with Crippen LogP contribution in [0.25, 0.3) is 11.2 Å². The SMILES string of the molecule is C[C@@H](CO)n1c(=O)[nH]c2ncc(Cl)cc21. The molecule has 5 nitrogen and oxygen atoms in total. The second-order valence-corrected chi connectivity index (χ2v) is 3.79. The second kappa shape index (κ2) is 3.67. The summed E-state index contributed by atoms with van der Waals surface area (Å²) < 4.78 is 1.44. The number of imidazole rings is 1. The van der Waals surface area contributed by atoms with Gasteiger partial charge in [0.05, 0.1) is 23.2 Å². The van der Waals surface area contributed by atoms with Gasteiger partial charge in [0.25, 0.3) is 0 Å². The molecule has 2 aromatic heterocycles. The number of rotatable bonds is 2. The van der Waals surface area contributed by atoms with E-state index in [1.54, 1.807) is 13.0 Å². The van der Waals surface area contributed by atoms with Gasteiger partial charge < -0.3 is 5.11 Å². The topological polar surface area (TPSA) is 70.9 Å². The molecule has 80 valence electrons. The monoisotopic (exact) mass is 227 g/mol. The Morgan fingerprint density at radius 1 is 1.73 bits per heavy atom. The number of aliphatic hydroxyl groups excluding tert-OH is 1. The lowest BCUT2D eigenvalue weighted by atomic mass is 10.3. The Bertz CT molecular complexity index is 546. The number of fused-ring (bicyclic) bond motifs is 1. The normalized spacial score (nSPS) is 13.3. The molecule has 0 saturated heterocycles. The molecule has 0 aliphatic heterocycles. The van der Waals surface area contributed by atoms with Crippen LogP contribution in [0.15, 0.2) is 17.1 Å². The standard InChI is InChI=1S/C9H10ClN3O2/c1-5(4-14)13-7-2-6(10)3-11-8(7)12-9(13)15/h2-3,5,14H,4H2,1H3,(H,11,12,15)/t5-/m0/s1. The summed E-state index contributed by atoms with van der Waals surface area (Å²) in [6.07, 6.45) is 1.47. The zero-order valence-electron chi connectivity index (χ0n) is 8.07. The lowest BCUT2D eigenvalue weighted by molar-refractivity contribution is 0.239. The molecule has 0 bridgehead atoms. The molecule has 15 heavy (non-hydrogen) atoms. The molecule has 2 N–H and O–H groups in total. The van der Waals surface area contributed by atoms with E-state index in [0.717, 1.165) is 0 Å². The third kappa shape index (κ3) is 1.64. The average Bonchev–Trinajstić information content (AvgIpc) is 2.52. The fourth-order valence-corrected chi connectivity index (χ4v) is 1.65. The second-order valence-electron chi connectivity index (χ2n) is 3.35. The molecule has 2 rings (SSSR count). The third-order valence-corrected chi connectivity index (χ3v) is 2.45. The molecule has 0 aromatic carbocycles. The van der Waals surface area contributed by atoms with E-state index in [1.165, 1.54) is 10.8 Å². The van der Waals surface area contributed by atoms with E-state index in [-0.39, 0.29) is 18.3 Å². The Balaban J connectivity index is 2.76. The molecule has 2 heterocycles. The predicted molar refractivity (Wildman–Crippen MR) is 57.2 cm³/mol. The molecule has 0 fully saturated rings. The van der Waals surface area contributed by atoms with Crippen LogP contribution < -0.4 is 5.69 Å². The third-order valence-electron chi connectivity index (χ3n) is 2.24. The average molecular weight is 228 g/mol. The molecule has 0 unspecified atom stereocenters. The smallest absolute Gasteiger partial charge is 0.328 e. The van der Waals surface area contributed by atoms with E-state index in [0.29, 0.717) is 16.2 Å². The number of halogens is 1. The van der Waals surface area contributed by atoms with Crippen LogP contribution >= 0.6 is 11.6 Å². The molecule has 1 atom stereocenters. The van der Waals surface area contributed by atoms with Crippen LogP contribution in [0.1, 0.15) is 13.0 Å². The lowest BCUT2D eigenvalue weighted by Crippen LogP contribution is -2.22. The molecule has 0 aliphatic rings. The van der Waals surface area contributed by atoms with Gasteiger partial charge in [-0.1, -0.05) is 11.6 Å². The van der Waals surface area contributed by atoms with Crippen molar-refractivity contribution in [1.82, 2.24) is 14.5 Å². The van der Waals surface area contributed by atoms with Crippen LogP contribution in [0.2, 0.25) is 5.02 Å². The highest BCUT2D eigenvalue weighted by Gasteiger charge is 2.12. The number of nitrogens with zero attached hydrogens (tertiary/aromatic N) is 2. The van der Waals surface area contributed by atoms with Gasteiger partial charge in [0.1, 0.15) is 0 Å². The van der Waals surface area contributed by atoms with Crippen molar-refractivity contribution in [1.29, 1.82) is 0 Å². The van der Waals surface area contributed by atoms with Gasteiger partial charge in [-0.2, -0.15) is 0 Å². The Morgan fingerprint density at radius 2 is 2.47 bits per heavy atom. The van der Waals surface area contributed by atoms with Gasteiger partial charge in [0.15, 0.2) is 5.65 Å². The lowest BCUT2D eigenvalue weighted by Gasteiger charge is -2.09. The summed E-state index contributed by atoms with van der Waals surface area (Å²) in [7, 11) is 0. The zero-order chi connectivity index (χ0) is 11.0. The first-order chi connectivity index (χ1) is 7.13. The number of hydrogen-bond acceptors (Lipinski definition) is 3. The summed E-state index contributed by atoms with van der Waals surface area (Å²) in [5.74, 6) is 0. The fourth-order valence-electron chi connectivity index (χ4n) is 1.50. The van der Waals surface area contributed by atoms with Crippen molar-refractivity contribution < 1.29 is 5.11 Å². The van der Waals surface area contributed by atoms with Gasteiger partial charge in [-0.15, -0.1) is 0 Å². The van der Waals surface area contributed by atoms with E-state index < -0.39 is 0 Å². The number of aliphatic hydroxyl groups is 1. The highest BCUT2D eigenvalue weighted by Crippen LogP contribution is 2.16. The summed E-state index contributed by atoms with van der Waals surface area (Å²) in [6, 6.07) is 1.35. The highest BCUT2D eigenvalue weighted by atomic mass is 35.5. The summed E-state index contributed by atoms with van der Waals surface area (Å²) in [4.78, 5) is 18.1. The Labute approximate surface area is 90.3 Å². The van der Waals surface area contributed by atoms with Crippen LogP contribution in [0.3, 0.4) is 0 Å². The van der Waals surface area contributed by atoms with Gasteiger partial charge in [-0.05, 0) is 13.0 Å². The summed E-state index contributed by atoms with van der Waals surface area (Å²) in [6.45, 7) is 1.63. The number of hydrogen-bond donors (Lipinski definition) is 2. The van der Waals surface area contributed by atoms with Crippen molar-refractivity contribution in [3.05, 3.63) is 27.8 Å². The van der Waals surface area contributed by atoms with Gasteiger partial charge in [0.2, 0.25) is 0 Å². The Kier molecular flexibility index (Phi) is 2.50. The van der Waals surface area contributed by atoms with Crippen LogP contribution in [-0.2, 0) is 0 Å². The first kappa shape index (κ1) is 10.2. The van der Waals surface area contributed by atoms with E-state index in [4.69, 9.17) is 16.7 Å². The maximum atomic E-state index is 11.6. The van der Waals surface area contributed by atoms with Crippen molar-refractivity contribution in [2.24, 2.45) is 0 Å². The van der Waals surface area contributed by atoms with Crippen LogP contribution in [-0.4, -0.2) is 26.2 Å². The highest BCUT2D eigenvalue weighted by molar-refractivity contribution is 6.31. The largest absolute Gasteiger partial charge is 0.394 e. The van der Waals surface area contributed by atoms with E-state index in [9.17, 15) is 4.79 Å². The first-order valence-corrected chi connectivity index (χ1v) is 4.88. The van der Waals surface area contributed by atoms with Crippen LogP contribution in [0.5, 0.6) is 0 Å². The number of H-pyrrole nitrogens is 1. The molecule has 6 heteroatoms. The van der Waals surface area contributed by atoms with Crippen LogP contribution in [0.4, 0.5) is 0 Å². The number of pyridine rings is 1. The molecule has 0 spiro atoms. The van der Waals surface area contributed by atoms with Gasteiger partial charge in [0, 0.05) is 6.20 Å². The van der Waals surface area contributed by atoms with Crippen molar-refractivity contribution >= 4 is 22.8 Å². The quantitative estimate of drug-likeness (QED) is 0.802. The molecule has 0 radical (unpaired) electrons. The van der Waals surface area contributed by atoms with Gasteiger partial charge >= 0.3 is 5.69 Å². The molecule has 0 aliphatic carbocycles. The minimum atomic E-state index is -0.300. The van der Waals surface area contributed by atoms with Crippen molar-refractivity contribution in [2.75, 3.05) is 6.61 Å². The number of aromatic nitrogens is 3. The summed E-state index contributed by atoms with van der Waals surface area (Å²) in [5, 5.41) is 9.49. The molecule has 2 aromatic rings. The van der Waals surface area contributed by atoms with Gasteiger partial charge in [-0.25, -0.2) is 9.78 Å². The predicted octanol–water partition coefficient (Wildman–Crippen LogP) is 0.931. The van der Waals surface area contributed by atoms with E-state index >= 15 is 0 Å². The number of aromatic amines is 1. The minimum Gasteiger partial charge on any atom is -0.394 e. The summed E-state index contributed by atoms with van der Waals surface area (Å²) >= 11 is 5.79. The van der Waals surface area contributed by atoms with Crippen molar-refractivity contribution in [2.45, 2.75) is 13.0 Å². The van der Waals surface area contributed by atoms with Gasteiger partial charge in [-0.3, -0.25) is 9.55 Å². The molecule has 0 saturated carbocycles. The molecular formula is C9H10ClN3O2. The van der Waals surface area contributed by atoms with Crippen molar-refractivity contribution in [3.8, 4) is 0 Å².